The van der Waals surface area contributed by atoms with Crippen LogP contribution < -0.4 is 5.32 Å². The third kappa shape index (κ3) is 6.03. The number of nitrogens with one attached hydrogen (secondary N) is 1. The van der Waals surface area contributed by atoms with Crippen LogP contribution in [0.1, 0.15) is 35.6 Å². The Hall–Kier alpha value is -2.42. The molecule has 1 aliphatic heterocycles. The highest BCUT2D eigenvalue weighted by Gasteiger charge is 2.22. The van der Waals surface area contributed by atoms with E-state index in [0.29, 0.717) is 12.1 Å². The van der Waals surface area contributed by atoms with Crippen LogP contribution in [-0.2, 0) is 12.8 Å². The molecule has 1 fully saturated rings. The summed E-state index contributed by atoms with van der Waals surface area (Å²) in [6.07, 6.45) is 4.65. The summed E-state index contributed by atoms with van der Waals surface area (Å²) in [6, 6.07) is 33.6. The SMILES string of the molecule is c1ccc(CCN2CCC(N[C@H](Cc3ccccc3)c3ccccc3)CC2)cc1. The Bertz CT molecular complexity index is 824. The second-order valence-electron chi connectivity index (χ2n) is 8.17. The second kappa shape index (κ2) is 10.4. The first kappa shape index (κ1) is 19.9. The average Bonchev–Trinajstić information content (AvgIpc) is 2.80. The molecule has 0 aliphatic carbocycles. The van der Waals surface area contributed by atoms with Gasteiger partial charge >= 0.3 is 0 Å². The first-order valence-electron chi connectivity index (χ1n) is 11.0. The average molecular weight is 385 g/mol. The fraction of sp³-hybridized carbons (Fsp3) is 0.333. The lowest BCUT2D eigenvalue weighted by Crippen LogP contribution is -2.44. The fourth-order valence-corrected chi connectivity index (χ4v) is 4.35. The molecular weight excluding hydrogens is 352 g/mol. The van der Waals surface area contributed by atoms with Crippen LogP contribution in [0.2, 0.25) is 0 Å². The quantitative estimate of drug-likeness (QED) is 0.569. The van der Waals surface area contributed by atoms with Crippen LogP contribution in [0, 0.1) is 0 Å². The zero-order chi connectivity index (χ0) is 19.7. The van der Waals surface area contributed by atoms with Crippen molar-refractivity contribution in [3.05, 3.63) is 108 Å². The van der Waals surface area contributed by atoms with Crippen LogP contribution >= 0.6 is 0 Å². The van der Waals surface area contributed by atoms with Gasteiger partial charge in [-0.1, -0.05) is 91.0 Å². The summed E-state index contributed by atoms with van der Waals surface area (Å²) in [6.45, 7) is 3.55. The minimum absolute atomic E-state index is 0.375. The molecule has 150 valence electrons. The van der Waals surface area contributed by atoms with E-state index in [1.54, 1.807) is 0 Å². The van der Waals surface area contributed by atoms with Crippen LogP contribution in [0.15, 0.2) is 91.0 Å². The molecule has 0 bridgehead atoms. The third-order valence-corrected chi connectivity index (χ3v) is 6.07. The standard InChI is InChI=1S/C27H32N2/c1-4-10-23(11-5-1)16-19-29-20-17-26(18-21-29)28-27(25-14-8-3-9-15-25)22-24-12-6-2-7-13-24/h1-15,26-28H,16-22H2/t27-/m1/s1. The molecule has 2 nitrogen and oxygen atoms in total. The van der Waals surface area contributed by atoms with Crippen LogP contribution in [0.4, 0.5) is 0 Å². The summed E-state index contributed by atoms with van der Waals surface area (Å²) in [5.41, 5.74) is 4.23. The van der Waals surface area contributed by atoms with Crippen LogP contribution in [0.5, 0.6) is 0 Å². The van der Waals surface area contributed by atoms with E-state index in [9.17, 15) is 0 Å². The topological polar surface area (TPSA) is 15.3 Å². The van der Waals surface area contributed by atoms with Gasteiger partial charge in [-0.25, -0.2) is 0 Å². The molecule has 0 spiro atoms. The molecule has 3 aromatic rings. The van der Waals surface area contributed by atoms with Crippen molar-refractivity contribution in [2.75, 3.05) is 19.6 Å². The molecule has 0 unspecified atom stereocenters. The van der Waals surface area contributed by atoms with E-state index in [-0.39, 0.29) is 0 Å². The molecule has 2 heteroatoms. The maximum atomic E-state index is 3.99. The summed E-state index contributed by atoms with van der Waals surface area (Å²) in [7, 11) is 0. The van der Waals surface area contributed by atoms with Gasteiger partial charge < -0.3 is 10.2 Å². The van der Waals surface area contributed by atoms with Gasteiger partial charge in [-0.3, -0.25) is 0 Å². The summed E-state index contributed by atoms with van der Waals surface area (Å²) < 4.78 is 0. The van der Waals surface area contributed by atoms with Crippen LogP contribution in [0.3, 0.4) is 0 Å². The minimum Gasteiger partial charge on any atom is -0.307 e. The van der Waals surface area contributed by atoms with Gasteiger partial charge in [0.1, 0.15) is 0 Å². The Balaban J connectivity index is 1.31. The van der Waals surface area contributed by atoms with Gasteiger partial charge in [0.05, 0.1) is 0 Å². The molecule has 1 atom stereocenters. The van der Waals surface area contributed by atoms with Crippen molar-refractivity contribution in [1.29, 1.82) is 0 Å². The Morgan fingerprint density at radius 2 is 1.28 bits per heavy atom. The van der Waals surface area contributed by atoms with Gasteiger partial charge in [-0.2, -0.15) is 0 Å². The van der Waals surface area contributed by atoms with Crippen molar-refractivity contribution in [2.24, 2.45) is 0 Å². The van der Waals surface area contributed by atoms with Crippen molar-refractivity contribution >= 4 is 0 Å². The molecule has 0 radical (unpaired) electrons. The molecule has 1 heterocycles. The van der Waals surface area contributed by atoms with Gasteiger partial charge in [0, 0.05) is 18.6 Å². The molecule has 0 saturated carbocycles. The Morgan fingerprint density at radius 1 is 0.724 bits per heavy atom. The second-order valence-corrected chi connectivity index (χ2v) is 8.17. The van der Waals surface area contributed by atoms with Gasteiger partial charge in [0.25, 0.3) is 0 Å². The summed E-state index contributed by atoms with van der Waals surface area (Å²) in [4.78, 5) is 2.62. The molecular formula is C27H32N2. The van der Waals surface area contributed by atoms with Gasteiger partial charge in [0.15, 0.2) is 0 Å². The Kier molecular flexibility index (Phi) is 7.12. The van der Waals surface area contributed by atoms with Crippen LogP contribution in [0.25, 0.3) is 0 Å². The monoisotopic (exact) mass is 384 g/mol. The zero-order valence-corrected chi connectivity index (χ0v) is 17.2. The smallest absolute Gasteiger partial charge is 0.0363 e. The lowest BCUT2D eigenvalue weighted by atomic mass is 9.96. The largest absolute Gasteiger partial charge is 0.307 e. The van der Waals surface area contributed by atoms with Crippen molar-refractivity contribution < 1.29 is 0 Å². The fourth-order valence-electron chi connectivity index (χ4n) is 4.35. The molecule has 0 amide bonds. The van der Waals surface area contributed by atoms with E-state index < -0.39 is 0 Å². The summed E-state index contributed by atoms with van der Waals surface area (Å²) >= 11 is 0. The first-order valence-corrected chi connectivity index (χ1v) is 11.0. The number of rotatable bonds is 8. The summed E-state index contributed by atoms with van der Waals surface area (Å²) in [5.74, 6) is 0. The van der Waals surface area contributed by atoms with Crippen molar-refractivity contribution in [2.45, 2.75) is 37.8 Å². The van der Waals surface area contributed by atoms with Gasteiger partial charge in [-0.05, 0) is 55.5 Å². The third-order valence-electron chi connectivity index (χ3n) is 6.07. The highest BCUT2D eigenvalue weighted by atomic mass is 15.1. The first-order chi connectivity index (χ1) is 14.4. The predicted octanol–water partition coefficient (Wildman–Crippen LogP) is 5.27. The van der Waals surface area contributed by atoms with Gasteiger partial charge in [-0.15, -0.1) is 0 Å². The maximum Gasteiger partial charge on any atom is 0.0363 e. The lowest BCUT2D eigenvalue weighted by Gasteiger charge is -2.35. The summed E-state index contributed by atoms with van der Waals surface area (Å²) in [5, 5.41) is 3.99. The van der Waals surface area contributed by atoms with E-state index in [2.05, 4.69) is 101 Å². The predicted molar refractivity (Wildman–Crippen MR) is 122 cm³/mol. The lowest BCUT2D eigenvalue weighted by molar-refractivity contribution is 0.192. The highest BCUT2D eigenvalue weighted by molar-refractivity contribution is 5.24. The number of nitrogens with zero attached hydrogens (tertiary/aromatic N) is 1. The van der Waals surface area contributed by atoms with Gasteiger partial charge in [0.2, 0.25) is 0 Å². The number of hydrogen-bond acceptors (Lipinski definition) is 2. The number of benzene rings is 3. The molecule has 0 aromatic heterocycles. The molecule has 1 aliphatic rings. The van der Waals surface area contributed by atoms with Crippen LogP contribution in [-0.4, -0.2) is 30.6 Å². The molecule has 1 N–H and O–H groups in total. The van der Waals surface area contributed by atoms with E-state index in [1.165, 1.54) is 49.2 Å². The zero-order valence-electron chi connectivity index (χ0n) is 17.2. The molecule has 1 saturated heterocycles. The highest BCUT2D eigenvalue weighted by Crippen LogP contribution is 2.22. The maximum absolute atomic E-state index is 3.99. The number of likely N-dealkylation sites (tertiary alicyclic amines) is 1. The van der Waals surface area contributed by atoms with E-state index in [1.807, 2.05) is 0 Å². The van der Waals surface area contributed by atoms with E-state index >= 15 is 0 Å². The van der Waals surface area contributed by atoms with Crippen molar-refractivity contribution in [3.63, 3.8) is 0 Å². The van der Waals surface area contributed by atoms with E-state index in [4.69, 9.17) is 0 Å². The molecule has 3 aromatic carbocycles. The number of piperidine rings is 1. The Morgan fingerprint density at radius 3 is 1.90 bits per heavy atom. The van der Waals surface area contributed by atoms with E-state index in [0.717, 1.165) is 12.8 Å². The molecule has 29 heavy (non-hydrogen) atoms. The minimum atomic E-state index is 0.375. The normalized spacial score (nSPS) is 16.6. The number of hydrogen-bond donors (Lipinski definition) is 1. The van der Waals surface area contributed by atoms with Crippen molar-refractivity contribution in [1.82, 2.24) is 10.2 Å². The van der Waals surface area contributed by atoms with Crippen molar-refractivity contribution in [3.8, 4) is 0 Å². The Labute approximate surface area is 175 Å². The molecule has 4 rings (SSSR count).